The molecule has 1 aliphatic rings. The molecule has 4 heterocycles. The van der Waals surface area contributed by atoms with Crippen LogP contribution >= 0.6 is 0 Å². The van der Waals surface area contributed by atoms with Crippen molar-refractivity contribution in [3.8, 4) is 11.1 Å². The summed E-state index contributed by atoms with van der Waals surface area (Å²) < 4.78 is 15.2. The van der Waals surface area contributed by atoms with Crippen molar-refractivity contribution in [3.63, 3.8) is 0 Å². The molecule has 12 heteroatoms. The quantitative estimate of drug-likeness (QED) is 0.272. The second kappa shape index (κ2) is 11.1. The Morgan fingerprint density at radius 3 is 2.68 bits per heavy atom. The van der Waals surface area contributed by atoms with Crippen molar-refractivity contribution in [2.75, 3.05) is 32.1 Å². The third-order valence-corrected chi connectivity index (χ3v) is 7.17. The topological polar surface area (TPSA) is 139 Å². The molecule has 1 aromatic carbocycles. The average molecular weight is 561 g/mol. The molecule has 1 fully saturated rings. The number of H-pyrrole nitrogens is 1. The molecule has 41 heavy (non-hydrogen) atoms. The lowest BCUT2D eigenvalue weighted by Gasteiger charge is -2.19. The largest absolute Gasteiger partial charge is 0.386 e. The molecular formula is C29H33FN8O3. The summed E-state index contributed by atoms with van der Waals surface area (Å²) in [6.45, 7) is 4.55. The molecule has 5 rings (SSSR count). The van der Waals surface area contributed by atoms with Crippen LogP contribution in [-0.4, -0.2) is 75.3 Å². The Hall–Kier alpha value is -4.58. The summed E-state index contributed by atoms with van der Waals surface area (Å²) in [5, 5.41) is 24.0. The van der Waals surface area contributed by atoms with Gasteiger partial charge < -0.3 is 25.5 Å². The van der Waals surface area contributed by atoms with E-state index in [1.807, 2.05) is 6.07 Å². The van der Waals surface area contributed by atoms with Crippen LogP contribution in [-0.2, 0) is 12.1 Å². The second-order valence-corrected chi connectivity index (χ2v) is 10.9. The summed E-state index contributed by atoms with van der Waals surface area (Å²) in [7, 11) is 3.41. The minimum Gasteiger partial charge on any atom is -0.386 e. The molecule has 1 aliphatic heterocycles. The number of nitrogens with one attached hydrogen (secondary N) is 3. The number of carbonyl (C=O) groups excluding carboxylic acids is 2. The third kappa shape index (κ3) is 5.97. The molecule has 0 bridgehead atoms. The lowest BCUT2D eigenvalue weighted by molar-refractivity contribution is 0.0779. The third-order valence-electron chi connectivity index (χ3n) is 7.17. The van der Waals surface area contributed by atoms with E-state index in [2.05, 4.69) is 35.7 Å². The van der Waals surface area contributed by atoms with Gasteiger partial charge in [0.25, 0.3) is 5.91 Å². The first-order valence-corrected chi connectivity index (χ1v) is 13.3. The number of hydrogen-bond acceptors (Lipinski definition) is 7. The minimum absolute atomic E-state index is 0.0154. The molecule has 4 aromatic rings. The van der Waals surface area contributed by atoms with Gasteiger partial charge in [0.1, 0.15) is 11.5 Å². The lowest BCUT2D eigenvalue weighted by atomic mass is 10.0. The molecular weight excluding hydrogens is 527 g/mol. The van der Waals surface area contributed by atoms with Crippen molar-refractivity contribution >= 4 is 28.8 Å². The molecule has 0 radical (unpaired) electrons. The van der Waals surface area contributed by atoms with E-state index in [1.165, 1.54) is 23.2 Å². The Labute approximate surface area is 236 Å². The van der Waals surface area contributed by atoms with E-state index in [0.717, 1.165) is 17.4 Å². The van der Waals surface area contributed by atoms with E-state index in [0.29, 0.717) is 41.2 Å². The van der Waals surface area contributed by atoms with E-state index >= 15 is 4.39 Å². The molecule has 0 aliphatic carbocycles. The number of amides is 3. The van der Waals surface area contributed by atoms with Crippen LogP contribution in [0, 0.1) is 5.82 Å². The summed E-state index contributed by atoms with van der Waals surface area (Å²) in [5.41, 5.74) is 2.02. The minimum atomic E-state index is -1.06. The van der Waals surface area contributed by atoms with Crippen LogP contribution in [0.2, 0.25) is 0 Å². The number of rotatable bonds is 7. The zero-order valence-corrected chi connectivity index (χ0v) is 23.4. The molecule has 0 spiro atoms. The zero-order valence-electron chi connectivity index (χ0n) is 23.4. The monoisotopic (exact) mass is 560 g/mol. The Morgan fingerprint density at radius 2 is 2.00 bits per heavy atom. The van der Waals surface area contributed by atoms with Crippen LogP contribution < -0.4 is 15.5 Å². The summed E-state index contributed by atoms with van der Waals surface area (Å²) in [6.07, 6.45) is 3.87. The van der Waals surface area contributed by atoms with Gasteiger partial charge in [0.05, 0.1) is 11.0 Å². The number of nitrogens with zero attached hydrogens (tertiary/aromatic N) is 5. The van der Waals surface area contributed by atoms with Crippen molar-refractivity contribution in [2.24, 2.45) is 0 Å². The molecule has 4 N–H and O–H groups in total. The van der Waals surface area contributed by atoms with Gasteiger partial charge in [-0.3, -0.25) is 14.9 Å². The number of anilines is 1. The maximum atomic E-state index is 15.2. The standard InChI is InChI=1S/C29H33FN8O3/c1-29(2,41)19-7-8-23(32-15-19)27(39)33-14-18-6-5-17(13-22(18)30)21-9-11-31-25-24(21)26(36-35-25)38-12-10-20(16-38)34-28(40)37(3)4/h5-9,11,13,15,20,41H,10,12,14,16H2,1-4H3,(H,33,39)(H,34,40)(H,31,35,36). The summed E-state index contributed by atoms with van der Waals surface area (Å²) in [4.78, 5) is 36.8. The average Bonchev–Trinajstić information content (AvgIpc) is 3.58. The first-order valence-electron chi connectivity index (χ1n) is 13.3. The maximum Gasteiger partial charge on any atom is 0.317 e. The normalized spacial score (nSPS) is 15.3. The zero-order chi connectivity index (χ0) is 29.3. The Kier molecular flexibility index (Phi) is 7.59. The molecule has 1 saturated heterocycles. The SMILES string of the molecule is CN(C)C(=O)NC1CCN(c2n[nH]c3nccc(-c4ccc(CNC(=O)c5ccc(C(C)(C)O)cn5)c(F)c4)c23)C1. The van der Waals surface area contributed by atoms with Gasteiger partial charge in [0, 0.05) is 63.3 Å². The fourth-order valence-corrected chi connectivity index (χ4v) is 4.79. The second-order valence-electron chi connectivity index (χ2n) is 10.9. The number of fused-ring (bicyclic) bond motifs is 1. The van der Waals surface area contributed by atoms with Crippen LogP contribution in [0.25, 0.3) is 22.2 Å². The number of benzene rings is 1. The van der Waals surface area contributed by atoms with Crippen LogP contribution in [0.4, 0.5) is 15.0 Å². The highest BCUT2D eigenvalue weighted by atomic mass is 19.1. The van der Waals surface area contributed by atoms with E-state index in [9.17, 15) is 14.7 Å². The highest BCUT2D eigenvalue weighted by molar-refractivity contribution is 6.00. The van der Waals surface area contributed by atoms with Gasteiger partial charge in [-0.2, -0.15) is 5.10 Å². The van der Waals surface area contributed by atoms with Crippen molar-refractivity contribution in [1.29, 1.82) is 0 Å². The molecule has 214 valence electrons. The number of aliphatic hydroxyl groups is 1. The van der Waals surface area contributed by atoms with Crippen molar-refractivity contribution < 1.29 is 19.1 Å². The van der Waals surface area contributed by atoms with Gasteiger partial charge in [-0.1, -0.05) is 18.2 Å². The molecule has 3 aromatic heterocycles. The number of pyridine rings is 2. The van der Waals surface area contributed by atoms with E-state index < -0.39 is 17.3 Å². The summed E-state index contributed by atoms with van der Waals surface area (Å²) >= 11 is 0. The number of aromatic nitrogens is 4. The number of carbonyl (C=O) groups is 2. The van der Waals surface area contributed by atoms with Gasteiger partial charge in [0.2, 0.25) is 0 Å². The molecule has 0 saturated carbocycles. The fraction of sp³-hybridized carbons (Fsp3) is 0.345. The predicted octanol–water partition coefficient (Wildman–Crippen LogP) is 3.17. The van der Waals surface area contributed by atoms with Crippen LogP contribution in [0.3, 0.4) is 0 Å². The van der Waals surface area contributed by atoms with Gasteiger partial charge in [-0.15, -0.1) is 0 Å². The van der Waals surface area contributed by atoms with Crippen molar-refractivity contribution in [3.05, 3.63) is 71.4 Å². The first-order chi connectivity index (χ1) is 19.5. The van der Waals surface area contributed by atoms with Crippen LogP contribution in [0.5, 0.6) is 0 Å². The van der Waals surface area contributed by atoms with Gasteiger partial charge in [-0.25, -0.2) is 14.2 Å². The smallest absolute Gasteiger partial charge is 0.317 e. The first kappa shape index (κ1) is 28.0. The summed E-state index contributed by atoms with van der Waals surface area (Å²) in [5.74, 6) is -0.208. The van der Waals surface area contributed by atoms with Gasteiger partial charge in [0.15, 0.2) is 11.5 Å². The lowest BCUT2D eigenvalue weighted by Crippen LogP contribution is -2.42. The van der Waals surface area contributed by atoms with Crippen LogP contribution in [0.1, 0.15) is 41.9 Å². The highest BCUT2D eigenvalue weighted by Crippen LogP contribution is 2.35. The molecule has 11 nitrogen and oxygen atoms in total. The predicted molar refractivity (Wildman–Crippen MR) is 153 cm³/mol. The van der Waals surface area contributed by atoms with Crippen LogP contribution in [0.15, 0.2) is 48.8 Å². The molecule has 1 atom stereocenters. The highest BCUT2D eigenvalue weighted by Gasteiger charge is 2.28. The van der Waals surface area contributed by atoms with E-state index in [1.54, 1.807) is 52.3 Å². The number of halogens is 1. The number of hydrogen-bond donors (Lipinski definition) is 4. The fourth-order valence-electron chi connectivity index (χ4n) is 4.79. The van der Waals surface area contributed by atoms with Crippen molar-refractivity contribution in [1.82, 2.24) is 35.7 Å². The van der Waals surface area contributed by atoms with Crippen molar-refractivity contribution in [2.45, 2.75) is 38.5 Å². The van der Waals surface area contributed by atoms with E-state index in [4.69, 9.17) is 0 Å². The molecule has 3 amide bonds. The Balaban J connectivity index is 1.32. The Morgan fingerprint density at radius 1 is 1.20 bits per heavy atom. The van der Waals surface area contributed by atoms with Gasteiger partial charge >= 0.3 is 6.03 Å². The maximum absolute atomic E-state index is 15.2. The Bertz CT molecular complexity index is 1580. The number of urea groups is 1. The number of aromatic amines is 1. The molecule has 1 unspecified atom stereocenters. The summed E-state index contributed by atoms with van der Waals surface area (Å²) in [6, 6.07) is 9.71. The van der Waals surface area contributed by atoms with E-state index in [-0.39, 0.29) is 24.3 Å². The van der Waals surface area contributed by atoms with Gasteiger partial charge in [-0.05, 0) is 49.6 Å².